The number of hydrogen-bond acceptors (Lipinski definition) is 10. The van der Waals surface area contributed by atoms with Crippen molar-refractivity contribution in [1.82, 2.24) is 20.9 Å². The molecule has 0 spiro atoms. The Morgan fingerprint density at radius 1 is 1.19 bits per heavy atom. The number of likely N-dealkylation sites (N-methyl/N-ethyl adjacent to an activating group) is 1. The van der Waals surface area contributed by atoms with Gasteiger partial charge in [-0.05, 0) is 99.2 Å². The predicted molar refractivity (Wildman–Crippen MR) is 231 cm³/mol. The van der Waals surface area contributed by atoms with E-state index in [0.717, 1.165) is 48.9 Å². The lowest BCUT2D eigenvalue weighted by Gasteiger charge is -2.36. The van der Waals surface area contributed by atoms with Crippen molar-refractivity contribution >= 4 is 29.3 Å². The molecule has 7 atom stereocenters. The zero-order chi connectivity index (χ0) is 41.8. The number of guanidine groups is 1. The topological polar surface area (TPSA) is 172 Å². The van der Waals surface area contributed by atoms with Crippen LogP contribution in [0.25, 0.3) is 0 Å². The van der Waals surface area contributed by atoms with Gasteiger partial charge in [0.05, 0.1) is 19.3 Å². The van der Waals surface area contributed by atoms with Gasteiger partial charge in [0.15, 0.2) is 17.3 Å². The lowest BCUT2D eigenvalue weighted by Crippen LogP contribution is -2.51. The number of rotatable bonds is 16. The first-order valence-electron chi connectivity index (χ1n) is 21.0. The summed E-state index contributed by atoms with van der Waals surface area (Å²) >= 11 is 0. The number of allylic oxidation sites excluding steroid dienone is 7. The highest BCUT2D eigenvalue weighted by atomic mass is 16.7. The van der Waals surface area contributed by atoms with E-state index >= 15 is 4.79 Å². The Morgan fingerprint density at radius 3 is 2.80 bits per heavy atom. The number of Topliss-reactive ketones (excluding diaryl/α,β-unsaturated/α-hetero) is 2. The summed E-state index contributed by atoms with van der Waals surface area (Å²) < 4.78 is 12.6. The molecule has 5 aliphatic rings. The standard InChI is InChI=1S/C47H59N7O5/c1-6-51-37-25-32-14-9-8-13-31(32)24-35(37)28-58-43(57)47-42(56)40-34(27-45(3)19-10-7-11-20-45)15-12-16-36(40)41(55)46(47,59-47)21-17-30(2)23-38(54-44(48)50-5)33-18-22-52-39(26-33)53-29-49-4/h7,9-12,14-19,22,25-26,31,35,37-38,49,51H,6,8,13,20-21,23-24,27-29H2,1-5H3,(H,52,53)(H3,48,50,54). The number of hydrogen-bond donors (Lipinski definition) is 5. The number of carbonyl (C=O) groups is 3. The summed E-state index contributed by atoms with van der Waals surface area (Å²) in [5.74, 6) is -0.335. The fourth-order valence-electron chi connectivity index (χ4n) is 9.38. The van der Waals surface area contributed by atoms with E-state index in [1.54, 1.807) is 19.3 Å². The third kappa shape index (κ3) is 8.35. The summed E-state index contributed by atoms with van der Waals surface area (Å²) in [6, 6.07) is 8.97. The van der Waals surface area contributed by atoms with Crippen molar-refractivity contribution < 1.29 is 23.9 Å². The number of nitrogens with two attached hydrogens (primary N) is 1. The summed E-state index contributed by atoms with van der Waals surface area (Å²) in [6.07, 6.45) is 23.3. The Bertz CT molecular complexity index is 2140. The second kappa shape index (κ2) is 17.6. The number of aliphatic imine (C=N–C) groups is 1. The summed E-state index contributed by atoms with van der Waals surface area (Å²) in [7, 11) is 3.46. The van der Waals surface area contributed by atoms with Crippen molar-refractivity contribution in [3.63, 3.8) is 0 Å². The molecule has 0 saturated carbocycles. The van der Waals surface area contributed by atoms with E-state index in [1.807, 2.05) is 56.5 Å². The van der Waals surface area contributed by atoms with Crippen LogP contribution in [0.2, 0.25) is 0 Å². The van der Waals surface area contributed by atoms with Gasteiger partial charge in [0, 0.05) is 42.8 Å². The molecule has 1 aliphatic heterocycles. The quantitative estimate of drug-likeness (QED) is 0.0254. The van der Waals surface area contributed by atoms with Crippen molar-refractivity contribution in [2.45, 2.75) is 89.0 Å². The molecule has 12 heteroatoms. The van der Waals surface area contributed by atoms with Crippen molar-refractivity contribution in [3.8, 4) is 0 Å². The van der Waals surface area contributed by atoms with Gasteiger partial charge in [0.1, 0.15) is 5.82 Å². The van der Waals surface area contributed by atoms with Crippen molar-refractivity contribution in [3.05, 3.63) is 119 Å². The number of nitrogens with zero attached hydrogens (tertiary/aromatic N) is 2. The minimum atomic E-state index is -2.10. The minimum Gasteiger partial charge on any atom is -0.463 e. The molecule has 1 saturated heterocycles. The number of ketones is 2. The van der Waals surface area contributed by atoms with E-state index in [2.05, 4.69) is 75.5 Å². The van der Waals surface area contributed by atoms with Crippen LogP contribution < -0.4 is 27.0 Å². The second-order valence-corrected chi connectivity index (χ2v) is 16.9. The van der Waals surface area contributed by atoms with Gasteiger partial charge in [0.25, 0.3) is 5.60 Å². The van der Waals surface area contributed by atoms with Crippen molar-refractivity contribution in [2.75, 3.05) is 39.2 Å². The highest BCUT2D eigenvalue weighted by Gasteiger charge is 2.85. The maximum Gasteiger partial charge on any atom is 0.350 e. The maximum absolute atomic E-state index is 15.1. The maximum atomic E-state index is 15.1. The summed E-state index contributed by atoms with van der Waals surface area (Å²) in [6.45, 7) is 7.55. The molecule has 6 N–H and O–H groups in total. The van der Waals surface area contributed by atoms with Gasteiger partial charge in [-0.3, -0.25) is 14.6 Å². The number of fused-ring (bicyclic) bond motifs is 3. The third-order valence-electron chi connectivity index (χ3n) is 12.6. The number of epoxide rings is 1. The van der Waals surface area contributed by atoms with Gasteiger partial charge in [-0.25, -0.2) is 9.78 Å². The van der Waals surface area contributed by atoms with E-state index in [9.17, 15) is 9.59 Å². The van der Waals surface area contributed by atoms with E-state index in [-0.39, 0.29) is 59.3 Å². The Hall–Kier alpha value is -5.17. The van der Waals surface area contributed by atoms with Gasteiger partial charge in [-0.1, -0.05) is 86.2 Å². The molecule has 59 heavy (non-hydrogen) atoms. The molecule has 0 amide bonds. The largest absolute Gasteiger partial charge is 0.463 e. The molecule has 7 rings (SSSR count). The van der Waals surface area contributed by atoms with Crippen molar-refractivity contribution in [1.29, 1.82) is 0 Å². The molecule has 7 unspecified atom stereocenters. The number of anilines is 1. The first-order valence-corrected chi connectivity index (χ1v) is 21.0. The number of benzene rings is 1. The zero-order valence-electron chi connectivity index (χ0n) is 35.0. The number of nitrogens with one attached hydrogen (secondary N) is 4. The molecule has 1 aromatic heterocycles. The Labute approximate surface area is 348 Å². The van der Waals surface area contributed by atoms with Crippen LogP contribution in [0, 0.1) is 17.3 Å². The summed E-state index contributed by atoms with van der Waals surface area (Å²) in [4.78, 5) is 53.2. The lowest BCUT2D eigenvalue weighted by molar-refractivity contribution is -0.150. The van der Waals surface area contributed by atoms with Crippen LogP contribution in [0.4, 0.5) is 5.82 Å². The van der Waals surface area contributed by atoms with Gasteiger partial charge in [-0.2, -0.15) is 0 Å². The molecule has 0 bridgehead atoms. The van der Waals surface area contributed by atoms with E-state index in [4.69, 9.17) is 15.2 Å². The van der Waals surface area contributed by atoms with Crippen LogP contribution in [0.3, 0.4) is 0 Å². The third-order valence-corrected chi connectivity index (χ3v) is 12.6. The van der Waals surface area contributed by atoms with Gasteiger partial charge >= 0.3 is 5.97 Å². The number of carbonyl (C=O) groups excluding carboxylic acids is 3. The molecule has 1 aromatic carbocycles. The van der Waals surface area contributed by atoms with Gasteiger partial charge in [0.2, 0.25) is 5.78 Å². The molecule has 1 fully saturated rings. The van der Waals surface area contributed by atoms with E-state index < -0.39 is 23.0 Å². The fraction of sp³-hybridized carbons (Fsp3) is 0.468. The first kappa shape index (κ1) is 42.0. The summed E-state index contributed by atoms with van der Waals surface area (Å²) in [5.41, 5.74) is 6.47. The highest BCUT2D eigenvalue weighted by Crippen LogP contribution is 2.59. The van der Waals surface area contributed by atoms with Crippen LogP contribution in [-0.4, -0.2) is 79.6 Å². The van der Waals surface area contributed by atoms with Gasteiger partial charge < -0.3 is 36.5 Å². The molecular weight excluding hydrogens is 743 g/mol. The highest BCUT2D eigenvalue weighted by molar-refractivity contribution is 6.33. The smallest absolute Gasteiger partial charge is 0.350 e. The van der Waals surface area contributed by atoms with E-state index in [1.165, 1.54) is 5.57 Å². The number of aromatic nitrogens is 1. The van der Waals surface area contributed by atoms with Gasteiger partial charge in [-0.15, -0.1) is 0 Å². The fourth-order valence-corrected chi connectivity index (χ4v) is 9.38. The average Bonchev–Trinajstić information content (AvgIpc) is 3.95. The monoisotopic (exact) mass is 801 g/mol. The second-order valence-electron chi connectivity index (χ2n) is 16.9. The van der Waals surface area contributed by atoms with Crippen molar-refractivity contribution in [2.24, 2.45) is 28.0 Å². The van der Waals surface area contributed by atoms with E-state index in [0.29, 0.717) is 31.2 Å². The number of esters is 1. The molecule has 312 valence electrons. The first-order chi connectivity index (χ1) is 28.5. The zero-order valence-corrected chi connectivity index (χ0v) is 35.0. The lowest BCUT2D eigenvalue weighted by atomic mass is 9.69. The molecule has 0 radical (unpaired) electrons. The van der Waals surface area contributed by atoms with Crippen LogP contribution in [0.5, 0.6) is 0 Å². The Balaban J connectivity index is 1.20. The SMILES string of the molecule is CCNC1C=C2C=CCCC2CC1COC(=O)C12OC1(CC=C(C)CC(NC(N)=NC)c1ccnc(NCNC)c1)C(=O)c1cccc(CC3(C)C=CC=CC3)c1C2=O. The molecule has 2 heterocycles. The average molecular weight is 802 g/mol. The van der Waals surface area contributed by atoms with Crippen LogP contribution in [-0.2, 0) is 20.7 Å². The number of pyridine rings is 1. The number of ether oxygens (including phenoxy) is 2. The molecule has 12 nitrogen and oxygen atoms in total. The molecule has 2 aromatic rings. The van der Waals surface area contributed by atoms with Crippen LogP contribution in [0.1, 0.15) is 97.2 Å². The van der Waals surface area contributed by atoms with Crippen LogP contribution >= 0.6 is 0 Å². The Kier molecular flexibility index (Phi) is 12.5. The molecular formula is C47H59N7O5. The summed E-state index contributed by atoms with van der Waals surface area (Å²) in [5, 5.41) is 13.1. The minimum absolute atomic E-state index is 0.000146. The van der Waals surface area contributed by atoms with Crippen LogP contribution in [0.15, 0.2) is 101 Å². The molecule has 4 aliphatic carbocycles. The predicted octanol–water partition coefficient (Wildman–Crippen LogP) is 6.06. The Morgan fingerprint density at radius 2 is 2.03 bits per heavy atom. The normalized spacial score (nSPS) is 28.9.